The van der Waals surface area contributed by atoms with Gasteiger partial charge in [-0.05, 0) is 6.07 Å². The van der Waals surface area contributed by atoms with Gasteiger partial charge in [0.15, 0.2) is 5.65 Å². The Balaban J connectivity index is 2.26. The van der Waals surface area contributed by atoms with Crippen molar-refractivity contribution < 1.29 is 0 Å². The fourth-order valence-electron chi connectivity index (χ4n) is 1.14. The molecular weight excluding hydrogens is 166 g/mol. The number of imidazole rings is 1. The molecule has 0 fully saturated rings. The minimum atomic E-state index is 0.612. The third-order valence-electron chi connectivity index (χ3n) is 1.75. The zero-order valence-electron chi connectivity index (χ0n) is 7.12. The molecule has 0 radical (unpaired) electrons. The number of anilines is 1. The summed E-state index contributed by atoms with van der Waals surface area (Å²) < 4.78 is 0. The largest absolute Gasteiger partial charge is 0.382 e. The van der Waals surface area contributed by atoms with Crippen molar-refractivity contribution >= 4 is 16.9 Å². The third kappa shape index (κ3) is 1.59. The lowest BCUT2D eigenvalue weighted by atomic mass is 10.4. The summed E-state index contributed by atoms with van der Waals surface area (Å²) in [4.78, 5) is 11.2. The van der Waals surface area contributed by atoms with Crippen LogP contribution in [0.25, 0.3) is 11.2 Å². The van der Waals surface area contributed by atoms with Gasteiger partial charge in [-0.2, -0.15) is 0 Å². The molecule has 2 aromatic rings. The van der Waals surface area contributed by atoms with Crippen molar-refractivity contribution in [2.75, 3.05) is 18.4 Å². The molecule has 0 bridgehead atoms. The number of nitrogens with two attached hydrogens (primary N) is 1. The standard InChI is InChI=1S/C8H11N5/c9-1-2-10-6-3-7-8(11-4-6)13-5-12-7/h3-5,10H,1-2,9H2,(H,11,12,13). The molecule has 4 N–H and O–H groups in total. The molecule has 13 heavy (non-hydrogen) atoms. The summed E-state index contributed by atoms with van der Waals surface area (Å²) in [6.07, 6.45) is 3.38. The number of rotatable bonds is 3. The number of fused-ring (bicyclic) bond motifs is 1. The molecule has 0 atom stereocenters. The molecule has 2 heterocycles. The van der Waals surface area contributed by atoms with Crippen LogP contribution in [0.2, 0.25) is 0 Å². The number of pyridine rings is 1. The van der Waals surface area contributed by atoms with Gasteiger partial charge in [0.2, 0.25) is 0 Å². The van der Waals surface area contributed by atoms with Crippen LogP contribution in [0.15, 0.2) is 18.6 Å². The number of hydrogen-bond donors (Lipinski definition) is 3. The molecule has 0 amide bonds. The zero-order valence-corrected chi connectivity index (χ0v) is 7.12. The van der Waals surface area contributed by atoms with Crippen LogP contribution in [0.5, 0.6) is 0 Å². The van der Waals surface area contributed by atoms with E-state index in [2.05, 4.69) is 20.3 Å². The van der Waals surface area contributed by atoms with Crippen LogP contribution >= 0.6 is 0 Å². The van der Waals surface area contributed by atoms with Gasteiger partial charge in [-0.15, -0.1) is 0 Å². The van der Waals surface area contributed by atoms with Crippen LogP contribution in [0.4, 0.5) is 5.69 Å². The second kappa shape index (κ2) is 3.40. The van der Waals surface area contributed by atoms with Crippen molar-refractivity contribution in [3.05, 3.63) is 18.6 Å². The third-order valence-corrected chi connectivity index (χ3v) is 1.75. The topological polar surface area (TPSA) is 79.6 Å². The molecule has 0 unspecified atom stereocenters. The van der Waals surface area contributed by atoms with Crippen LogP contribution in [0.1, 0.15) is 0 Å². The molecule has 0 aromatic carbocycles. The highest BCUT2D eigenvalue weighted by molar-refractivity contribution is 5.73. The summed E-state index contributed by atoms with van der Waals surface area (Å²) in [5.74, 6) is 0. The number of aromatic nitrogens is 3. The van der Waals surface area contributed by atoms with Gasteiger partial charge in [0.25, 0.3) is 0 Å². The summed E-state index contributed by atoms with van der Waals surface area (Å²) in [5, 5.41) is 3.14. The molecule has 0 aliphatic rings. The van der Waals surface area contributed by atoms with Crippen molar-refractivity contribution in [1.29, 1.82) is 0 Å². The number of aromatic amines is 1. The van der Waals surface area contributed by atoms with E-state index >= 15 is 0 Å². The van der Waals surface area contributed by atoms with Gasteiger partial charge in [-0.1, -0.05) is 0 Å². The van der Waals surface area contributed by atoms with E-state index in [1.165, 1.54) is 0 Å². The quantitative estimate of drug-likeness (QED) is 0.631. The van der Waals surface area contributed by atoms with E-state index in [-0.39, 0.29) is 0 Å². The van der Waals surface area contributed by atoms with Crippen molar-refractivity contribution in [1.82, 2.24) is 15.0 Å². The summed E-state index contributed by atoms with van der Waals surface area (Å²) in [5.41, 5.74) is 7.99. The van der Waals surface area contributed by atoms with E-state index in [0.717, 1.165) is 23.4 Å². The predicted octanol–water partition coefficient (Wildman–Crippen LogP) is 0.328. The Labute approximate surface area is 75.4 Å². The maximum absolute atomic E-state index is 5.37. The number of nitrogens with one attached hydrogen (secondary N) is 2. The average molecular weight is 177 g/mol. The summed E-state index contributed by atoms with van der Waals surface area (Å²) in [6.45, 7) is 1.36. The molecule has 0 aliphatic carbocycles. The molecule has 2 aromatic heterocycles. The Hall–Kier alpha value is -1.62. The molecule has 2 rings (SSSR count). The Morgan fingerprint density at radius 2 is 2.38 bits per heavy atom. The monoisotopic (exact) mass is 177 g/mol. The minimum Gasteiger partial charge on any atom is -0.382 e. The molecule has 0 spiro atoms. The molecular formula is C8H11N5. The smallest absolute Gasteiger partial charge is 0.177 e. The van der Waals surface area contributed by atoms with E-state index < -0.39 is 0 Å². The van der Waals surface area contributed by atoms with Crippen molar-refractivity contribution in [3.8, 4) is 0 Å². The second-order valence-electron chi connectivity index (χ2n) is 2.71. The van der Waals surface area contributed by atoms with Crippen LogP contribution in [0.3, 0.4) is 0 Å². The summed E-state index contributed by atoms with van der Waals surface area (Å²) in [7, 11) is 0. The normalized spacial score (nSPS) is 10.5. The lowest BCUT2D eigenvalue weighted by molar-refractivity contribution is 1.02. The molecule has 68 valence electrons. The SMILES string of the molecule is NCCNc1cnc2nc[nH]c2c1. The van der Waals surface area contributed by atoms with Gasteiger partial charge in [0.1, 0.15) is 0 Å². The highest BCUT2D eigenvalue weighted by atomic mass is 15.0. The van der Waals surface area contributed by atoms with Crippen molar-refractivity contribution in [2.24, 2.45) is 5.73 Å². The predicted molar refractivity (Wildman–Crippen MR) is 51.4 cm³/mol. The van der Waals surface area contributed by atoms with Gasteiger partial charge in [-0.3, -0.25) is 0 Å². The highest BCUT2D eigenvalue weighted by Crippen LogP contribution is 2.11. The summed E-state index contributed by atoms with van der Waals surface area (Å²) >= 11 is 0. The number of hydrogen-bond acceptors (Lipinski definition) is 4. The summed E-state index contributed by atoms with van der Waals surface area (Å²) in [6, 6.07) is 1.96. The van der Waals surface area contributed by atoms with Crippen molar-refractivity contribution in [2.45, 2.75) is 0 Å². The fraction of sp³-hybridized carbons (Fsp3) is 0.250. The van der Waals surface area contributed by atoms with Crippen LogP contribution in [-0.2, 0) is 0 Å². The first-order valence-corrected chi connectivity index (χ1v) is 4.13. The Morgan fingerprint density at radius 1 is 1.46 bits per heavy atom. The van der Waals surface area contributed by atoms with E-state index in [0.29, 0.717) is 6.54 Å². The minimum absolute atomic E-state index is 0.612. The molecule has 0 saturated heterocycles. The lowest BCUT2D eigenvalue weighted by Crippen LogP contribution is -2.13. The first-order valence-electron chi connectivity index (χ1n) is 4.13. The molecule has 5 heteroatoms. The van der Waals surface area contributed by atoms with Gasteiger partial charge < -0.3 is 16.0 Å². The molecule has 0 saturated carbocycles. The van der Waals surface area contributed by atoms with Gasteiger partial charge in [0, 0.05) is 13.1 Å². The van der Waals surface area contributed by atoms with E-state index in [4.69, 9.17) is 5.73 Å². The van der Waals surface area contributed by atoms with E-state index in [1.54, 1.807) is 12.5 Å². The van der Waals surface area contributed by atoms with Gasteiger partial charge in [0.05, 0.1) is 23.7 Å². The van der Waals surface area contributed by atoms with Crippen LogP contribution in [-0.4, -0.2) is 28.0 Å². The lowest BCUT2D eigenvalue weighted by Gasteiger charge is -2.02. The van der Waals surface area contributed by atoms with Crippen LogP contribution < -0.4 is 11.1 Å². The first-order chi connectivity index (χ1) is 6.40. The maximum atomic E-state index is 5.37. The first kappa shape index (κ1) is 8.00. The zero-order chi connectivity index (χ0) is 9.10. The molecule has 0 aliphatic heterocycles. The van der Waals surface area contributed by atoms with Gasteiger partial charge >= 0.3 is 0 Å². The van der Waals surface area contributed by atoms with E-state index in [1.807, 2.05) is 6.07 Å². The fourth-order valence-corrected chi connectivity index (χ4v) is 1.14. The van der Waals surface area contributed by atoms with Crippen LogP contribution in [0, 0.1) is 0 Å². The second-order valence-corrected chi connectivity index (χ2v) is 2.71. The molecule has 5 nitrogen and oxygen atoms in total. The maximum Gasteiger partial charge on any atom is 0.177 e. The number of H-pyrrole nitrogens is 1. The highest BCUT2D eigenvalue weighted by Gasteiger charge is 1.97. The Kier molecular flexibility index (Phi) is 2.09. The average Bonchev–Trinajstić information content (AvgIpc) is 2.61. The Bertz CT molecular complexity index is 394. The van der Waals surface area contributed by atoms with Gasteiger partial charge in [-0.25, -0.2) is 9.97 Å². The Morgan fingerprint density at radius 3 is 3.23 bits per heavy atom. The number of nitrogens with zero attached hydrogens (tertiary/aromatic N) is 2. The van der Waals surface area contributed by atoms with E-state index in [9.17, 15) is 0 Å². The van der Waals surface area contributed by atoms with Crippen molar-refractivity contribution in [3.63, 3.8) is 0 Å².